The van der Waals surface area contributed by atoms with Crippen LogP contribution in [0.1, 0.15) is 25.7 Å². The summed E-state index contributed by atoms with van der Waals surface area (Å²) in [6.45, 7) is 0.918. The molecule has 72 valence electrons. The highest BCUT2D eigenvalue weighted by atomic mass is 79.9. The summed E-state index contributed by atoms with van der Waals surface area (Å²) in [4.78, 5) is 3.97. The summed E-state index contributed by atoms with van der Waals surface area (Å²) >= 11 is 3.31. The molecule has 1 fully saturated rings. The summed E-state index contributed by atoms with van der Waals surface area (Å²) in [6.07, 6.45) is 5.32. The van der Waals surface area contributed by atoms with Gasteiger partial charge in [-0.3, -0.25) is 0 Å². The van der Waals surface area contributed by atoms with Gasteiger partial charge in [0, 0.05) is 6.54 Å². The molecule has 0 radical (unpaired) electrons. The Kier molecular flexibility index (Phi) is 2.53. The van der Waals surface area contributed by atoms with Gasteiger partial charge in [-0.1, -0.05) is 12.8 Å². The van der Waals surface area contributed by atoms with E-state index in [1.807, 2.05) is 4.68 Å². The maximum absolute atomic E-state index is 5.45. The SMILES string of the molecule is Nc1nc(Br)n(CCCC2CC2)n1. The van der Waals surface area contributed by atoms with Crippen LogP contribution in [0.4, 0.5) is 5.95 Å². The van der Waals surface area contributed by atoms with Crippen molar-refractivity contribution in [3.05, 3.63) is 4.73 Å². The van der Waals surface area contributed by atoms with Gasteiger partial charge >= 0.3 is 0 Å². The van der Waals surface area contributed by atoms with Crippen molar-refractivity contribution in [3.8, 4) is 0 Å². The van der Waals surface area contributed by atoms with Crippen molar-refractivity contribution in [1.82, 2.24) is 14.8 Å². The molecular weight excluding hydrogens is 232 g/mol. The largest absolute Gasteiger partial charge is 0.366 e. The van der Waals surface area contributed by atoms with Crippen molar-refractivity contribution < 1.29 is 0 Å². The lowest BCUT2D eigenvalue weighted by atomic mass is 10.2. The molecule has 0 bridgehead atoms. The van der Waals surface area contributed by atoms with Crippen LogP contribution >= 0.6 is 15.9 Å². The van der Waals surface area contributed by atoms with Crippen molar-refractivity contribution in [2.24, 2.45) is 5.92 Å². The second kappa shape index (κ2) is 3.65. The number of aryl methyl sites for hydroxylation is 1. The number of hydrogen-bond acceptors (Lipinski definition) is 3. The fraction of sp³-hybridized carbons (Fsp3) is 0.750. The Labute approximate surface area is 85.6 Å². The Bertz CT molecular complexity index is 292. The predicted molar refractivity (Wildman–Crippen MR) is 54.1 cm³/mol. The lowest BCUT2D eigenvalue weighted by Gasteiger charge is -2.00. The normalized spacial score (nSPS) is 16.4. The molecule has 0 aromatic carbocycles. The van der Waals surface area contributed by atoms with Crippen LogP contribution in [0.25, 0.3) is 0 Å². The molecule has 0 spiro atoms. The van der Waals surface area contributed by atoms with Crippen LogP contribution < -0.4 is 5.73 Å². The molecule has 2 N–H and O–H groups in total. The first-order chi connectivity index (χ1) is 6.25. The van der Waals surface area contributed by atoms with Crippen LogP contribution in [0.2, 0.25) is 0 Å². The van der Waals surface area contributed by atoms with Gasteiger partial charge in [0.15, 0.2) is 4.73 Å². The fourth-order valence-corrected chi connectivity index (χ4v) is 1.86. The van der Waals surface area contributed by atoms with Crippen LogP contribution in [-0.4, -0.2) is 14.8 Å². The Morgan fingerprint density at radius 2 is 2.31 bits per heavy atom. The number of nitrogen functional groups attached to an aromatic ring is 1. The van der Waals surface area contributed by atoms with Crippen LogP contribution in [0, 0.1) is 5.92 Å². The highest BCUT2D eigenvalue weighted by Gasteiger charge is 2.20. The number of hydrogen-bond donors (Lipinski definition) is 1. The first kappa shape index (κ1) is 8.99. The van der Waals surface area contributed by atoms with E-state index in [-0.39, 0.29) is 0 Å². The van der Waals surface area contributed by atoms with Crippen molar-refractivity contribution in [2.75, 3.05) is 5.73 Å². The molecule has 0 amide bonds. The van der Waals surface area contributed by atoms with Crippen molar-refractivity contribution in [1.29, 1.82) is 0 Å². The van der Waals surface area contributed by atoms with E-state index in [1.165, 1.54) is 25.7 Å². The number of halogens is 1. The Balaban J connectivity index is 1.81. The van der Waals surface area contributed by atoms with Gasteiger partial charge in [-0.25, -0.2) is 4.68 Å². The van der Waals surface area contributed by atoms with Crippen LogP contribution in [0.15, 0.2) is 4.73 Å². The average molecular weight is 245 g/mol. The average Bonchev–Trinajstić information content (AvgIpc) is 2.81. The van der Waals surface area contributed by atoms with E-state index < -0.39 is 0 Å². The van der Waals surface area contributed by atoms with Crippen molar-refractivity contribution in [3.63, 3.8) is 0 Å². The highest BCUT2D eigenvalue weighted by Crippen LogP contribution is 2.33. The van der Waals surface area contributed by atoms with E-state index in [1.54, 1.807) is 0 Å². The maximum atomic E-state index is 5.45. The zero-order valence-corrected chi connectivity index (χ0v) is 9.00. The van der Waals surface area contributed by atoms with E-state index in [2.05, 4.69) is 26.0 Å². The summed E-state index contributed by atoms with van der Waals surface area (Å²) in [7, 11) is 0. The lowest BCUT2D eigenvalue weighted by Crippen LogP contribution is -2.01. The zero-order valence-electron chi connectivity index (χ0n) is 7.41. The number of aromatic nitrogens is 3. The number of nitrogens with zero attached hydrogens (tertiary/aromatic N) is 3. The number of rotatable bonds is 4. The third-order valence-electron chi connectivity index (χ3n) is 2.32. The molecule has 0 saturated heterocycles. The third kappa shape index (κ3) is 2.43. The minimum absolute atomic E-state index is 0.346. The van der Waals surface area contributed by atoms with E-state index in [0.717, 1.165) is 17.2 Å². The molecule has 2 rings (SSSR count). The third-order valence-corrected chi connectivity index (χ3v) is 2.91. The Hall–Kier alpha value is -0.580. The van der Waals surface area contributed by atoms with Crippen LogP contribution in [0.3, 0.4) is 0 Å². The molecule has 1 aromatic rings. The maximum Gasteiger partial charge on any atom is 0.240 e. The van der Waals surface area contributed by atoms with E-state index in [9.17, 15) is 0 Å². The Morgan fingerprint density at radius 1 is 1.54 bits per heavy atom. The topological polar surface area (TPSA) is 56.7 Å². The van der Waals surface area contributed by atoms with Crippen molar-refractivity contribution in [2.45, 2.75) is 32.2 Å². The minimum atomic E-state index is 0.346. The molecule has 1 aliphatic carbocycles. The molecule has 1 saturated carbocycles. The van der Waals surface area contributed by atoms with Gasteiger partial charge in [0.05, 0.1) is 0 Å². The van der Waals surface area contributed by atoms with Gasteiger partial charge in [0.25, 0.3) is 0 Å². The minimum Gasteiger partial charge on any atom is -0.366 e. The van der Waals surface area contributed by atoms with Gasteiger partial charge in [-0.15, -0.1) is 5.10 Å². The zero-order chi connectivity index (χ0) is 9.26. The fourth-order valence-electron chi connectivity index (χ4n) is 1.42. The van der Waals surface area contributed by atoms with Gasteiger partial charge < -0.3 is 5.73 Å². The van der Waals surface area contributed by atoms with E-state index in [4.69, 9.17) is 5.73 Å². The molecular formula is C8H13BrN4. The number of anilines is 1. The van der Waals surface area contributed by atoms with Gasteiger partial charge in [0.1, 0.15) is 0 Å². The van der Waals surface area contributed by atoms with Crippen LogP contribution in [-0.2, 0) is 6.54 Å². The summed E-state index contributed by atoms with van der Waals surface area (Å²) in [5.41, 5.74) is 5.45. The predicted octanol–water partition coefficient (Wildman–Crippen LogP) is 1.81. The first-order valence-electron chi connectivity index (χ1n) is 4.61. The summed E-state index contributed by atoms with van der Waals surface area (Å²) < 4.78 is 2.55. The molecule has 1 heterocycles. The molecule has 13 heavy (non-hydrogen) atoms. The van der Waals surface area contributed by atoms with Gasteiger partial charge in [-0.2, -0.15) is 4.98 Å². The highest BCUT2D eigenvalue weighted by molar-refractivity contribution is 9.10. The summed E-state index contributed by atoms with van der Waals surface area (Å²) in [6, 6.07) is 0. The molecule has 1 aromatic heterocycles. The second-order valence-corrected chi connectivity index (χ2v) is 4.26. The van der Waals surface area contributed by atoms with Gasteiger partial charge in [-0.05, 0) is 34.7 Å². The van der Waals surface area contributed by atoms with E-state index >= 15 is 0 Å². The lowest BCUT2D eigenvalue weighted by molar-refractivity contribution is 0.528. The smallest absolute Gasteiger partial charge is 0.240 e. The van der Waals surface area contributed by atoms with Gasteiger partial charge in [0.2, 0.25) is 5.95 Å². The van der Waals surface area contributed by atoms with Crippen LogP contribution in [0.5, 0.6) is 0 Å². The summed E-state index contributed by atoms with van der Waals surface area (Å²) in [5, 5.41) is 4.06. The Morgan fingerprint density at radius 3 is 2.85 bits per heavy atom. The molecule has 0 unspecified atom stereocenters. The van der Waals surface area contributed by atoms with Crippen molar-refractivity contribution >= 4 is 21.9 Å². The second-order valence-electron chi connectivity index (χ2n) is 3.55. The number of nitrogens with two attached hydrogens (primary N) is 1. The monoisotopic (exact) mass is 244 g/mol. The molecule has 0 aliphatic heterocycles. The molecule has 5 heteroatoms. The molecule has 0 atom stereocenters. The quantitative estimate of drug-likeness (QED) is 0.880. The summed E-state index contributed by atoms with van der Waals surface area (Å²) in [5.74, 6) is 1.33. The molecule has 4 nitrogen and oxygen atoms in total. The van der Waals surface area contributed by atoms with E-state index in [0.29, 0.717) is 5.95 Å². The first-order valence-corrected chi connectivity index (χ1v) is 5.41. The standard InChI is InChI=1S/C8H13BrN4/c9-7-11-8(10)12-13(7)5-1-2-6-3-4-6/h6H,1-5H2,(H2,10,12). The molecule has 1 aliphatic rings.